The standard InChI is InChI=1S/C14H19NO/c1-11-3-5-12(6-4-11)13(16)9-14(10-15)7-2-8-14/h3-6H,2,7-10,15H2,1H3. The minimum Gasteiger partial charge on any atom is -0.330 e. The second kappa shape index (κ2) is 4.38. The number of hydrogen-bond acceptors (Lipinski definition) is 2. The molecule has 0 radical (unpaired) electrons. The molecule has 1 aromatic carbocycles. The van der Waals surface area contributed by atoms with Crippen molar-refractivity contribution >= 4 is 5.78 Å². The van der Waals surface area contributed by atoms with Crippen LogP contribution in [0.5, 0.6) is 0 Å². The summed E-state index contributed by atoms with van der Waals surface area (Å²) in [6.07, 6.45) is 4.06. The first-order valence-electron chi connectivity index (χ1n) is 5.95. The molecule has 16 heavy (non-hydrogen) atoms. The molecule has 0 atom stereocenters. The molecule has 1 aliphatic rings. The highest BCUT2D eigenvalue weighted by molar-refractivity contribution is 5.96. The maximum Gasteiger partial charge on any atom is 0.163 e. The van der Waals surface area contributed by atoms with E-state index >= 15 is 0 Å². The van der Waals surface area contributed by atoms with Crippen molar-refractivity contribution in [3.63, 3.8) is 0 Å². The van der Waals surface area contributed by atoms with Gasteiger partial charge in [0, 0.05) is 12.0 Å². The summed E-state index contributed by atoms with van der Waals surface area (Å²) >= 11 is 0. The average molecular weight is 217 g/mol. The van der Waals surface area contributed by atoms with Crippen molar-refractivity contribution in [1.29, 1.82) is 0 Å². The maximum atomic E-state index is 12.1. The van der Waals surface area contributed by atoms with Crippen molar-refractivity contribution in [2.75, 3.05) is 6.54 Å². The molecule has 0 unspecified atom stereocenters. The zero-order chi connectivity index (χ0) is 11.6. The van der Waals surface area contributed by atoms with Gasteiger partial charge in [-0.3, -0.25) is 4.79 Å². The Kier molecular flexibility index (Phi) is 3.10. The molecule has 0 heterocycles. The van der Waals surface area contributed by atoms with Gasteiger partial charge in [-0.1, -0.05) is 36.2 Å². The first-order chi connectivity index (χ1) is 7.65. The summed E-state index contributed by atoms with van der Waals surface area (Å²) in [5, 5.41) is 0. The Morgan fingerprint density at radius 2 is 1.94 bits per heavy atom. The van der Waals surface area contributed by atoms with Gasteiger partial charge in [-0.05, 0) is 31.7 Å². The van der Waals surface area contributed by atoms with E-state index in [1.165, 1.54) is 12.0 Å². The normalized spacial score (nSPS) is 17.9. The molecule has 0 amide bonds. The fourth-order valence-corrected chi connectivity index (χ4v) is 2.31. The van der Waals surface area contributed by atoms with E-state index in [0.717, 1.165) is 18.4 Å². The Labute approximate surface area is 96.8 Å². The monoisotopic (exact) mass is 217 g/mol. The molecule has 1 aromatic rings. The van der Waals surface area contributed by atoms with Crippen molar-refractivity contribution in [3.05, 3.63) is 35.4 Å². The van der Waals surface area contributed by atoms with Crippen molar-refractivity contribution in [2.24, 2.45) is 11.1 Å². The van der Waals surface area contributed by atoms with E-state index in [2.05, 4.69) is 0 Å². The highest BCUT2D eigenvalue weighted by Crippen LogP contribution is 2.43. The molecule has 2 heteroatoms. The molecule has 1 saturated carbocycles. The Morgan fingerprint density at radius 3 is 2.38 bits per heavy atom. The van der Waals surface area contributed by atoms with Gasteiger partial charge in [0.05, 0.1) is 0 Å². The lowest BCUT2D eigenvalue weighted by Gasteiger charge is -2.40. The SMILES string of the molecule is Cc1ccc(C(=O)CC2(CN)CCC2)cc1. The molecule has 2 nitrogen and oxygen atoms in total. The first-order valence-corrected chi connectivity index (χ1v) is 5.95. The van der Waals surface area contributed by atoms with E-state index in [-0.39, 0.29) is 11.2 Å². The second-order valence-electron chi connectivity index (χ2n) is 5.02. The number of benzene rings is 1. The number of aryl methyl sites for hydroxylation is 1. The Bertz CT molecular complexity index is 371. The van der Waals surface area contributed by atoms with Gasteiger partial charge in [-0.25, -0.2) is 0 Å². The Hall–Kier alpha value is -1.15. The van der Waals surface area contributed by atoms with Gasteiger partial charge in [0.15, 0.2) is 5.78 Å². The van der Waals surface area contributed by atoms with E-state index in [1.807, 2.05) is 31.2 Å². The molecule has 1 fully saturated rings. The minimum absolute atomic E-state index is 0.113. The molecular weight excluding hydrogens is 198 g/mol. The summed E-state index contributed by atoms with van der Waals surface area (Å²) in [6.45, 7) is 2.67. The fourth-order valence-electron chi connectivity index (χ4n) is 2.31. The Morgan fingerprint density at radius 1 is 1.31 bits per heavy atom. The van der Waals surface area contributed by atoms with Crippen LogP contribution in [0, 0.1) is 12.3 Å². The number of rotatable bonds is 4. The topological polar surface area (TPSA) is 43.1 Å². The molecule has 0 bridgehead atoms. The number of carbonyl (C=O) groups is 1. The summed E-state index contributed by atoms with van der Waals surface area (Å²) in [6, 6.07) is 7.81. The summed E-state index contributed by atoms with van der Waals surface area (Å²) < 4.78 is 0. The second-order valence-corrected chi connectivity index (χ2v) is 5.02. The van der Waals surface area contributed by atoms with E-state index in [9.17, 15) is 4.79 Å². The van der Waals surface area contributed by atoms with Gasteiger partial charge in [0.25, 0.3) is 0 Å². The molecule has 86 valence electrons. The van der Waals surface area contributed by atoms with Crippen LogP contribution in [0.4, 0.5) is 0 Å². The lowest BCUT2D eigenvalue weighted by molar-refractivity contribution is 0.0786. The van der Waals surface area contributed by atoms with E-state index in [4.69, 9.17) is 5.73 Å². The highest BCUT2D eigenvalue weighted by Gasteiger charge is 2.37. The van der Waals surface area contributed by atoms with Crippen LogP contribution in [-0.2, 0) is 0 Å². The van der Waals surface area contributed by atoms with E-state index in [1.54, 1.807) is 0 Å². The molecule has 0 saturated heterocycles. The fraction of sp³-hybridized carbons (Fsp3) is 0.500. The first kappa shape index (κ1) is 11.3. The van der Waals surface area contributed by atoms with Gasteiger partial charge in [-0.2, -0.15) is 0 Å². The van der Waals surface area contributed by atoms with Crippen molar-refractivity contribution in [3.8, 4) is 0 Å². The quantitative estimate of drug-likeness (QED) is 0.788. The summed E-state index contributed by atoms with van der Waals surface area (Å²) in [4.78, 5) is 12.1. The lowest BCUT2D eigenvalue weighted by Crippen LogP contribution is -2.39. The number of hydrogen-bond donors (Lipinski definition) is 1. The average Bonchev–Trinajstić information content (AvgIpc) is 2.24. The van der Waals surface area contributed by atoms with Crippen LogP contribution in [0.25, 0.3) is 0 Å². The summed E-state index contributed by atoms with van der Waals surface area (Å²) in [5.74, 6) is 0.241. The molecular formula is C14H19NO. The van der Waals surface area contributed by atoms with Crippen molar-refractivity contribution < 1.29 is 4.79 Å². The molecule has 0 spiro atoms. The third-order valence-electron chi connectivity index (χ3n) is 3.76. The number of carbonyl (C=O) groups excluding carboxylic acids is 1. The molecule has 2 rings (SSSR count). The van der Waals surface area contributed by atoms with Gasteiger partial charge < -0.3 is 5.73 Å². The van der Waals surface area contributed by atoms with Crippen LogP contribution in [0.15, 0.2) is 24.3 Å². The molecule has 0 aromatic heterocycles. The van der Waals surface area contributed by atoms with Crippen molar-refractivity contribution in [1.82, 2.24) is 0 Å². The van der Waals surface area contributed by atoms with E-state index < -0.39 is 0 Å². The smallest absolute Gasteiger partial charge is 0.163 e. The van der Waals surface area contributed by atoms with Gasteiger partial charge in [0.2, 0.25) is 0 Å². The van der Waals surface area contributed by atoms with Gasteiger partial charge in [0.1, 0.15) is 0 Å². The lowest BCUT2D eigenvalue weighted by atomic mass is 9.65. The summed E-state index contributed by atoms with van der Waals surface area (Å²) in [5.41, 5.74) is 7.89. The predicted octanol–water partition coefficient (Wildman–Crippen LogP) is 2.70. The number of ketones is 1. The zero-order valence-electron chi connectivity index (χ0n) is 9.83. The van der Waals surface area contributed by atoms with Crippen LogP contribution >= 0.6 is 0 Å². The van der Waals surface area contributed by atoms with Gasteiger partial charge >= 0.3 is 0 Å². The predicted molar refractivity (Wildman–Crippen MR) is 65.5 cm³/mol. The van der Waals surface area contributed by atoms with Gasteiger partial charge in [-0.15, -0.1) is 0 Å². The maximum absolute atomic E-state index is 12.1. The van der Waals surface area contributed by atoms with Crippen LogP contribution in [0.3, 0.4) is 0 Å². The van der Waals surface area contributed by atoms with Crippen LogP contribution in [-0.4, -0.2) is 12.3 Å². The zero-order valence-corrected chi connectivity index (χ0v) is 9.83. The third-order valence-corrected chi connectivity index (χ3v) is 3.76. The highest BCUT2D eigenvalue weighted by atomic mass is 16.1. The van der Waals surface area contributed by atoms with Crippen LogP contribution in [0.1, 0.15) is 41.6 Å². The third kappa shape index (κ3) is 2.17. The van der Waals surface area contributed by atoms with E-state index in [0.29, 0.717) is 13.0 Å². The number of nitrogens with two attached hydrogens (primary N) is 1. The van der Waals surface area contributed by atoms with Crippen LogP contribution < -0.4 is 5.73 Å². The molecule has 2 N–H and O–H groups in total. The van der Waals surface area contributed by atoms with Crippen LogP contribution in [0.2, 0.25) is 0 Å². The van der Waals surface area contributed by atoms with Crippen molar-refractivity contribution in [2.45, 2.75) is 32.6 Å². The minimum atomic E-state index is 0.113. The Balaban J connectivity index is 2.05. The largest absolute Gasteiger partial charge is 0.330 e. The molecule has 1 aliphatic carbocycles. The molecule has 0 aliphatic heterocycles. The summed E-state index contributed by atoms with van der Waals surface area (Å²) in [7, 11) is 0. The number of Topliss-reactive ketones (excluding diaryl/α,β-unsaturated/α-hetero) is 1.